The van der Waals surface area contributed by atoms with E-state index in [1.807, 2.05) is 24.3 Å². The zero-order valence-electron chi connectivity index (χ0n) is 9.91. The number of allylic oxidation sites excluding steroid dienone is 1. The van der Waals surface area contributed by atoms with Crippen LogP contribution in [0.25, 0.3) is 5.57 Å². The second-order valence-corrected chi connectivity index (χ2v) is 4.32. The van der Waals surface area contributed by atoms with Crippen molar-refractivity contribution in [2.75, 3.05) is 0 Å². The van der Waals surface area contributed by atoms with Crippen LogP contribution in [0.4, 0.5) is 0 Å². The van der Waals surface area contributed by atoms with Crippen molar-refractivity contribution in [2.45, 2.75) is 0 Å². The molecule has 0 radical (unpaired) electrons. The minimum atomic E-state index is -0.0502. The third kappa shape index (κ3) is 1.69. The van der Waals surface area contributed by atoms with E-state index in [0.29, 0.717) is 16.6 Å². The molecule has 0 spiro atoms. The molecule has 0 N–H and O–H groups in total. The SMILES string of the molecule is [2H]c1ccccc1C1=CC(=O)c2cc(Cl)ccc21. The highest BCUT2D eigenvalue weighted by atomic mass is 35.5. The number of halogens is 1. The van der Waals surface area contributed by atoms with Gasteiger partial charge in [0.05, 0.1) is 1.37 Å². The van der Waals surface area contributed by atoms with E-state index in [4.69, 9.17) is 13.0 Å². The molecule has 0 aliphatic heterocycles. The van der Waals surface area contributed by atoms with Gasteiger partial charge in [0.1, 0.15) is 0 Å². The van der Waals surface area contributed by atoms with Crippen molar-refractivity contribution in [2.24, 2.45) is 0 Å². The number of ketones is 1. The number of hydrogen-bond donors (Lipinski definition) is 0. The monoisotopic (exact) mass is 241 g/mol. The van der Waals surface area contributed by atoms with E-state index >= 15 is 0 Å². The third-order valence-electron chi connectivity index (χ3n) is 2.81. The second-order valence-electron chi connectivity index (χ2n) is 3.89. The molecule has 2 aromatic carbocycles. The molecule has 0 bridgehead atoms. The lowest BCUT2D eigenvalue weighted by molar-refractivity contribution is 0.105. The maximum Gasteiger partial charge on any atom is 0.187 e. The lowest BCUT2D eigenvalue weighted by atomic mass is 9.99. The minimum absolute atomic E-state index is 0.0502. The number of carbonyl (C=O) groups excluding carboxylic acids is 1. The summed E-state index contributed by atoms with van der Waals surface area (Å²) in [6.07, 6.45) is 1.58. The topological polar surface area (TPSA) is 17.1 Å². The predicted octanol–water partition coefficient (Wildman–Crippen LogP) is 3.97. The molecule has 0 aromatic heterocycles. The van der Waals surface area contributed by atoms with E-state index in [2.05, 4.69) is 0 Å². The molecule has 0 heterocycles. The Labute approximate surface area is 106 Å². The van der Waals surface area contributed by atoms with Crippen molar-refractivity contribution in [1.29, 1.82) is 0 Å². The fourth-order valence-electron chi connectivity index (χ4n) is 2.03. The summed E-state index contributed by atoms with van der Waals surface area (Å²) in [5.41, 5.74) is 3.04. The van der Waals surface area contributed by atoms with Gasteiger partial charge in [-0.15, -0.1) is 0 Å². The standard InChI is InChI=1S/C15H9ClO/c16-11-6-7-12-13(9-15(17)14(12)8-11)10-4-2-1-3-5-10/h1-9H/i4D. The van der Waals surface area contributed by atoms with Gasteiger partial charge in [0.2, 0.25) is 0 Å². The van der Waals surface area contributed by atoms with Crippen LogP contribution in [0.5, 0.6) is 0 Å². The van der Waals surface area contributed by atoms with Gasteiger partial charge in [-0.1, -0.05) is 48.0 Å². The molecule has 3 rings (SSSR count). The fraction of sp³-hybridized carbons (Fsp3) is 0. The highest BCUT2D eigenvalue weighted by Crippen LogP contribution is 2.33. The molecular formula is C15H9ClO. The average Bonchev–Trinajstić information content (AvgIpc) is 2.67. The van der Waals surface area contributed by atoms with Gasteiger partial charge in [0.25, 0.3) is 0 Å². The first kappa shape index (κ1) is 9.20. The summed E-state index contributed by atoms with van der Waals surface area (Å²) in [6, 6.07) is 12.9. The van der Waals surface area contributed by atoms with Gasteiger partial charge in [0.15, 0.2) is 5.78 Å². The summed E-state index contributed by atoms with van der Waals surface area (Å²) < 4.78 is 7.91. The minimum Gasteiger partial charge on any atom is -0.289 e. The number of hydrogen-bond acceptors (Lipinski definition) is 1. The van der Waals surface area contributed by atoms with Crippen molar-refractivity contribution >= 4 is 23.0 Å². The summed E-state index contributed by atoms with van der Waals surface area (Å²) in [6.45, 7) is 0. The van der Waals surface area contributed by atoms with E-state index < -0.39 is 0 Å². The zero-order valence-corrected chi connectivity index (χ0v) is 9.66. The Morgan fingerprint density at radius 3 is 2.76 bits per heavy atom. The molecule has 0 unspecified atom stereocenters. The molecular weight excluding hydrogens is 232 g/mol. The van der Waals surface area contributed by atoms with Gasteiger partial charge in [-0.2, -0.15) is 0 Å². The molecule has 2 aromatic rings. The first-order valence-electron chi connectivity index (χ1n) is 5.79. The summed E-state index contributed by atoms with van der Waals surface area (Å²) in [7, 11) is 0. The molecule has 0 saturated carbocycles. The summed E-state index contributed by atoms with van der Waals surface area (Å²) in [4.78, 5) is 11.9. The van der Waals surface area contributed by atoms with Crippen molar-refractivity contribution in [3.63, 3.8) is 0 Å². The smallest absolute Gasteiger partial charge is 0.187 e. The average molecular weight is 242 g/mol. The maximum absolute atomic E-state index is 11.9. The fourth-order valence-corrected chi connectivity index (χ4v) is 2.20. The molecule has 1 aliphatic carbocycles. The number of benzene rings is 2. The van der Waals surface area contributed by atoms with E-state index in [1.165, 1.54) is 0 Å². The Morgan fingerprint density at radius 1 is 1.06 bits per heavy atom. The molecule has 17 heavy (non-hydrogen) atoms. The van der Waals surface area contributed by atoms with Crippen LogP contribution in [0, 0.1) is 0 Å². The summed E-state index contributed by atoms with van der Waals surface area (Å²) in [5.74, 6) is -0.0502. The number of carbonyl (C=O) groups is 1. The Bertz CT molecular complexity index is 689. The van der Waals surface area contributed by atoms with Crippen LogP contribution in [0.2, 0.25) is 5.02 Å². The first-order valence-corrected chi connectivity index (χ1v) is 5.66. The highest BCUT2D eigenvalue weighted by molar-refractivity contribution is 6.31. The van der Waals surface area contributed by atoms with Gasteiger partial charge in [-0.25, -0.2) is 0 Å². The van der Waals surface area contributed by atoms with E-state index in [9.17, 15) is 4.79 Å². The van der Waals surface area contributed by atoms with Gasteiger partial charge in [-0.05, 0) is 34.9 Å². The van der Waals surface area contributed by atoms with E-state index in [-0.39, 0.29) is 5.78 Å². The van der Waals surface area contributed by atoms with Crippen molar-refractivity contribution < 1.29 is 6.17 Å². The molecule has 0 amide bonds. The molecule has 2 heteroatoms. The Balaban J connectivity index is 2.21. The van der Waals surface area contributed by atoms with E-state index in [0.717, 1.165) is 16.7 Å². The van der Waals surface area contributed by atoms with Crippen LogP contribution in [0.15, 0.2) is 54.6 Å². The lowest BCUT2D eigenvalue weighted by Crippen LogP contribution is -1.91. The molecule has 1 nitrogen and oxygen atoms in total. The van der Waals surface area contributed by atoms with Crippen LogP contribution in [0.1, 0.15) is 22.9 Å². The molecule has 1 aliphatic rings. The van der Waals surface area contributed by atoms with Crippen LogP contribution in [0.3, 0.4) is 0 Å². The lowest BCUT2D eigenvalue weighted by Gasteiger charge is -2.05. The van der Waals surface area contributed by atoms with Crippen molar-refractivity contribution in [3.05, 3.63) is 76.3 Å². The van der Waals surface area contributed by atoms with Crippen LogP contribution >= 0.6 is 11.6 Å². The summed E-state index contributed by atoms with van der Waals surface area (Å²) in [5, 5.41) is 0.552. The van der Waals surface area contributed by atoms with Crippen molar-refractivity contribution in [1.82, 2.24) is 0 Å². The predicted molar refractivity (Wildman–Crippen MR) is 69.3 cm³/mol. The Hall–Kier alpha value is -1.86. The Morgan fingerprint density at radius 2 is 1.94 bits per heavy atom. The summed E-state index contributed by atoms with van der Waals surface area (Å²) >= 11 is 5.90. The normalized spacial score (nSPS) is 14.3. The molecule has 0 fully saturated rings. The van der Waals surface area contributed by atoms with Gasteiger partial charge >= 0.3 is 0 Å². The third-order valence-corrected chi connectivity index (χ3v) is 3.05. The quantitative estimate of drug-likeness (QED) is 0.738. The number of rotatable bonds is 1. The Kier molecular flexibility index (Phi) is 2.09. The second kappa shape index (κ2) is 3.86. The molecule has 0 atom stereocenters. The molecule has 82 valence electrons. The van der Waals surface area contributed by atoms with Crippen LogP contribution in [-0.4, -0.2) is 5.78 Å². The largest absolute Gasteiger partial charge is 0.289 e. The van der Waals surface area contributed by atoms with Crippen molar-refractivity contribution in [3.8, 4) is 0 Å². The number of fused-ring (bicyclic) bond motifs is 1. The van der Waals surface area contributed by atoms with Crippen LogP contribution in [-0.2, 0) is 0 Å². The van der Waals surface area contributed by atoms with Gasteiger partial charge in [-0.3, -0.25) is 4.79 Å². The van der Waals surface area contributed by atoms with Crippen LogP contribution < -0.4 is 0 Å². The highest BCUT2D eigenvalue weighted by Gasteiger charge is 2.21. The zero-order chi connectivity index (χ0) is 12.7. The van der Waals surface area contributed by atoms with Gasteiger partial charge < -0.3 is 0 Å². The first-order chi connectivity index (χ1) is 8.66. The van der Waals surface area contributed by atoms with Gasteiger partial charge in [0, 0.05) is 10.6 Å². The maximum atomic E-state index is 11.9. The molecule has 0 saturated heterocycles. The van der Waals surface area contributed by atoms with E-state index in [1.54, 1.807) is 24.3 Å².